The summed E-state index contributed by atoms with van der Waals surface area (Å²) in [7, 11) is 1.57. The van der Waals surface area contributed by atoms with E-state index >= 15 is 0 Å². The van der Waals surface area contributed by atoms with Crippen LogP contribution in [0.4, 0.5) is 10.8 Å². The maximum Gasteiger partial charge on any atom is 0.231 e. The minimum Gasteiger partial charge on any atom is -0.495 e. The molecule has 7 nitrogen and oxygen atoms in total. The summed E-state index contributed by atoms with van der Waals surface area (Å²) in [6, 6.07) is 7.33. The molecule has 1 saturated carbocycles. The van der Waals surface area contributed by atoms with Gasteiger partial charge in [-0.3, -0.25) is 9.59 Å². The van der Waals surface area contributed by atoms with Crippen LogP contribution in [0.2, 0.25) is 0 Å². The molecule has 2 aromatic rings. The van der Waals surface area contributed by atoms with Crippen LogP contribution in [0.25, 0.3) is 0 Å². The number of hydrogen-bond acceptors (Lipinski definition) is 6. The Bertz CT molecular complexity index is 833. The van der Waals surface area contributed by atoms with Crippen LogP contribution in [-0.2, 0) is 9.59 Å². The number of nitrogens with one attached hydrogen (secondary N) is 1. The van der Waals surface area contributed by atoms with Gasteiger partial charge >= 0.3 is 0 Å². The van der Waals surface area contributed by atoms with Crippen molar-refractivity contribution in [2.24, 2.45) is 5.92 Å². The maximum absolute atomic E-state index is 12.6. The zero-order valence-electron chi connectivity index (χ0n) is 14.5. The summed E-state index contributed by atoms with van der Waals surface area (Å²) in [5.74, 6) is 0.431. The Morgan fingerprint density at radius 2 is 2.12 bits per heavy atom. The first-order valence-electron chi connectivity index (χ1n) is 8.73. The molecular formula is C18H20N4O3S. The predicted octanol–water partition coefficient (Wildman–Crippen LogP) is 2.81. The zero-order chi connectivity index (χ0) is 18.1. The number of carbonyl (C=O) groups excluding carboxylic acids is 2. The molecule has 1 aromatic carbocycles. The van der Waals surface area contributed by atoms with Gasteiger partial charge in [0.2, 0.25) is 16.9 Å². The highest BCUT2D eigenvalue weighted by atomic mass is 32.1. The molecule has 1 aromatic heterocycles. The van der Waals surface area contributed by atoms with Gasteiger partial charge in [0.05, 0.1) is 18.7 Å². The first-order valence-corrected chi connectivity index (χ1v) is 9.55. The van der Waals surface area contributed by atoms with Gasteiger partial charge in [-0.05, 0) is 25.0 Å². The van der Waals surface area contributed by atoms with Gasteiger partial charge in [-0.1, -0.05) is 29.9 Å². The molecule has 2 heterocycles. The van der Waals surface area contributed by atoms with Crippen LogP contribution in [0.5, 0.6) is 5.75 Å². The zero-order valence-corrected chi connectivity index (χ0v) is 15.3. The third-order valence-corrected chi connectivity index (χ3v) is 6.00. The van der Waals surface area contributed by atoms with E-state index in [1.807, 2.05) is 18.2 Å². The largest absolute Gasteiger partial charge is 0.495 e. The first kappa shape index (κ1) is 17.0. The lowest BCUT2D eigenvalue weighted by Gasteiger charge is -2.21. The average molecular weight is 372 g/mol. The fourth-order valence-electron chi connectivity index (χ4n) is 3.28. The Morgan fingerprint density at radius 3 is 2.85 bits per heavy atom. The second-order valence-electron chi connectivity index (χ2n) is 6.64. The van der Waals surface area contributed by atoms with E-state index in [-0.39, 0.29) is 18.2 Å². The molecule has 4 rings (SSSR count). The minimum absolute atomic E-state index is 0.0814. The van der Waals surface area contributed by atoms with E-state index in [2.05, 4.69) is 15.5 Å². The van der Waals surface area contributed by atoms with Gasteiger partial charge in [0.1, 0.15) is 10.8 Å². The lowest BCUT2D eigenvalue weighted by molar-refractivity contribution is -0.122. The Labute approximate surface area is 155 Å². The predicted molar refractivity (Wildman–Crippen MR) is 98.6 cm³/mol. The Balaban J connectivity index is 1.43. The van der Waals surface area contributed by atoms with E-state index in [1.165, 1.54) is 17.8 Å². The van der Waals surface area contributed by atoms with Gasteiger partial charge in [-0.25, -0.2) is 0 Å². The highest BCUT2D eigenvalue weighted by molar-refractivity contribution is 7.15. The highest BCUT2D eigenvalue weighted by Crippen LogP contribution is 2.39. The molecule has 1 saturated heterocycles. The van der Waals surface area contributed by atoms with Crippen LogP contribution in [0.1, 0.15) is 36.6 Å². The summed E-state index contributed by atoms with van der Waals surface area (Å²) < 4.78 is 5.33. The van der Waals surface area contributed by atoms with Gasteiger partial charge in [0.25, 0.3) is 0 Å². The van der Waals surface area contributed by atoms with E-state index in [0.717, 1.165) is 17.8 Å². The Kier molecular flexibility index (Phi) is 4.58. The molecule has 0 unspecified atom stereocenters. The summed E-state index contributed by atoms with van der Waals surface area (Å²) in [6.45, 7) is 0.333. The van der Waals surface area contributed by atoms with Crippen molar-refractivity contribution in [2.45, 2.75) is 31.6 Å². The van der Waals surface area contributed by atoms with Crippen LogP contribution in [0.3, 0.4) is 0 Å². The normalized spacial score (nSPS) is 20.1. The number of benzene rings is 1. The van der Waals surface area contributed by atoms with Crippen molar-refractivity contribution in [1.82, 2.24) is 10.2 Å². The van der Waals surface area contributed by atoms with Gasteiger partial charge < -0.3 is 15.0 Å². The van der Waals surface area contributed by atoms with Crippen molar-refractivity contribution in [1.29, 1.82) is 0 Å². The molecule has 0 radical (unpaired) electrons. The SMILES string of the molecule is COc1ccccc1N1C[C@H](C(=O)Nc2nnc(C3CCC3)s2)CC1=O. The van der Waals surface area contributed by atoms with Crippen molar-refractivity contribution in [3.63, 3.8) is 0 Å². The summed E-state index contributed by atoms with van der Waals surface area (Å²) in [5.41, 5.74) is 0.693. The third-order valence-electron chi connectivity index (χ3n) is 5.00. The molecule has 1 N–H and O–H groups in total. The number of aromatic nitrogens is 2. The smallest absolute Gasteiger partial charge is 0.231 e. The summed E-state index contributed by atoms with van der Waals surface area (Å²) >= 11 is 1.44. The number of hydrogen-bond donors (Lipinski definition) is 1. The number of para-hydroxylation sites is 2. The first-order chi connectivity index (χ1) is 12.7. The summed E-state index contributed by atoms with van der Waals surface area (Å²) in [4.78, 5) is 26.6. The van der Waals surface area contributed by atoms with Gasteiger partial charge in [-0.15, -0.1) is 10.2 Å². The van der Waals surface area contributed by atoms with Crippen LogP contribution < -0.4 is 15.0 Å². The van der Waals surface area contributed by atoms with Crippen molar-refractivity contribution < 1.29 is 14.3 Å². The number of methoxy groups -OCH3 is 1. The fraction of sp³-hybridized carbons (Fsp3) is 0.444. The van der Waals surface area contributed by atoms with E-state index in [1.54, 1.807) is 18.1 Å². The minimum atomic E-state index is -0.413. The number of ether oxygens (including phenoxy) is 1. The second kappa shape index (κ2) is 7.03. The molecule has 2 aliphatic rings. The number of nitrogens with zero attached hydrogens (tertiary/aromatic N) is 3. The molecule has 26 heavy (non-hydrogen) atoms. The molecule has 1 aliphatic carbocycles. The maximum atomic E-state index is 12.6. The van der Waals surface area contributed by atoms with Gasteiger partial charge in [-0.2, -0.15) is 0 Å². The van der Waals surface area contributed by atoms with E-state index in [0.29, 0.717) is 29.0 Å². The highest BCUT2D eigenvalue weighted by Gasteiger charge is 2.36. The molecular weight excluding hydrogens is 352 g/mol. The van der Waals surface area contributed by atoms with Crippen LogP contribution >= 0.6 is 11.3 Å². The van der Waals surface area contributed by atoms with Crippen molar-refractivity contribution in [3.8, 4) is 5.75 Å². The number of amides is 2. The molecule has 1 aliphatic heterocycles. The topological polar surface area (TPSA) is 84.4 Å². The number of carbonyl (C=O) groups is 2. The van der Waals surface area contributed by atoms with Crippen LogP contribution in [0, 0.1) is 5.92 Å². The summed E-state index contributed by atoms with van der Waals surface area (Å²) in [6.07, 6.45) is 3.70. The summed E-state index contributed by atoms with van der Waals surface area (Å²) in [5, 5.41) is 12.6. The van der Waals surface area contributed by atoms with E-state index < -0.39 is 5.92 Å². The molecule has 0 bridgehead atoms. The number of rotatable bonds is 5. The quantitative estimate of drug-likeness (QED) is 0.872. The third kappa shape index (κ3) is 3.16. The Hall–Kier alpha value is -2.48. The molecule has 0 spiro atoms. The lowest BCUT2D eigenvalue weighted by atomic mass is 9.86. The standard InChI is InChI=1S/C18H20N4O3S/c1-25-14-8-3-2-7-13(14)22-10-12(9-15(22)23)16(24)19-18-21-20-17(26-18)11-5-4-6-11/h2-3,7-8,11-12H,4-6,9-10H2,1H3,(H,19,21,24)/t12-/m1/s1. The second-order valence-corrected chi connectivity index (χ2v) is 7.65. The van der Waals surface area contributed by atoms with E-state index in [4.69, 9.17) is 4.74 Å². The van der Waals surface area contributed by atoms with Crippen LogP contribution in [-0.4, -0.2) is 35.7 Å². The van der Waals surface area contributed by atoms with Crippen molar-refractivity contribution >= 4 is 34.0 Å². The van der Waals surface area contributed by atoms with Gasteiger partial charge in [0.15, 0.2) is 0 Å². The number of anilines is 2. The monoisotopic (exact) mass is 372 g/mol. The average Bonchev–Trinajstić information content (AvgIpc) is 3.20. The molecule has 2 amide bonds. The molecule has 2 fully saturated rings. The molecule has 136 valence electrons. The van der Waals surface area contributed by atoms with Crippen LogP contribution in [0.15, 0.2) is 24.3 Å². The lowest BCUT2D eigenvalue weighted by Crippen LogP contribution is -2.28. The molecule has 1 atom stereocenters. The van der Waals surface area contributed by atoms with E-state index in [9.17, 15) is 9.59 Å². The van der Waals surface area contributed by atoms with Gasteiger partial charge in [0, 0.05) is 18.9 Å². The van der Waals surface area contributed by atoms with Crippen molar-refractivity contribution in [3.05, 3.63) is 29.3 Å². The van der Waals surface area contributed by atoms with Crippen molar-refractivity contribution in [2.75, 3.05) is 23.9 Å². The molecule has 8 heteroatoms. The fourth-order valence-corrected chi connectivity index (χ4v) is 4.20. The Morgan fingerprint density at radius 1 is 1.31 bits per heavy atom.